The van der Waals surface area contributed by atoms with Gasteiger partial charge in [-0.3, -0.25) is 0 Å². The lowest BCUT2D eigenvalue weighted by Crippen LogP contribution is -2.03. The minimum absolute atomic E-state index is 0.152. The molecule has 0 N–H and O–H groups in total. The summed E-state index contributed by atoms with van der Waals surface area (Å²) >= 11 is 7.31. The van der Waals surface area contributed by atoms with Gasteiger partial charge in [0, 0.05) is 16.6 Å². The Morgan fingerprint density at radius 2 is 2.12 bits per heavy atom. The molecule has 0 radical (unpaired) electrons. The molecule has 1 atom stereocenters. The van der Waals surface area contributed by atoms with E-state index in [2.05, 4.69) is 4.98 Å². The predicted octanol–water partition coefficient (Wildman–Crippen LogP) is 3.32. The molecule has 0 amide bonds. The first-order chi connectivity index (χ1) is 7.79. The van der Waals surface area contributed by atoms with Crippen LogP contribution in [-0.2, 0) is 11.2 Å². The highest BCUT2D eigenvalue weighted by Gasteiger charge is 2.13. The van der Waals surface area contributed by atoms with E-state index in [-0.39, 0.29) is 5.92 Å². The Labute approximate surface area is 103 Å². The minimum atomic E-state index is -0.152. The standard InChI is InChI=1S/C12H10ClNOS/c13-11-3-1-9(2-4-11)7-10(8-15)12-14-5-6-16-12/h1-6,8,10H,7H2. The van der Waals surface area contributed by atoms with Crippen LogP contribution in [0.25, 0.3) is 0 Å². The summed E-state index contributed by atoms with van der Waals surface area (Å²) in [5.41, 5.74) is 1.09. The van der Waals surface area contributed by atoms with Crippen molar-refractivity contribution in [2.45, 2.75) is 12.3 Å². The number of benzene rings is 1. The fourth-order valence-electron chi connectivity index (χ4n) is 1.49. The van der Waals surface area contributed by atoms with Gasteiger partial charge in [0.15, 0.2) is 0 Å². The number of nitrogens with zero attached hydrogens (tertiary/aromatic N) is 1. The first kappa shape index (κ1) is 11.3. The van der Waals surface area contributed by atoms with E-state index in [1.807, 2.05) is 29.6 Å². The van der Waals surface area contributed by atoms with Crippen LogP contribution in [0.4, 0.5) is 0 Å². The zero-order valence-corrected chi connectivity index (χ0v) is 10.0. The molecule has 1 unspecified atom stereocenters. The molecule has 0 bridgehead atoms. The molecule has 2 rings (SSSR count). The topological polar surface area (TPSA) is 30.0 Å². The highest BCUT2D eigenvalue weighted by molar-refractivity contribution is 7.09. The Bertz CT molecular complexity index is 452. The molecule has 82 valence electrons. The Morgan fingerprint density at radius 3 is 2.69 bits per heavy atom. The van der Waals surface area contributed by atoms with Gasteiger partial charge in [0.1, 0.15) is 11.3 Å². The third-order valence-corrected chi connectivity index (χ3v) is 3.46. The van der Waals surface area contributed by atoms with E-state index in [9.17, 15) is 4.79 Å². The summed E-state index contributed by atoms with van der Waals surface area (Å²) in [6, 6.07) is 7.54. The molecule has 1 aromatic heterocycles. The number of carbonyl (C=O) groups is 1. The maximum Gasteiger partial charge on any atom is 0.130 e. The number of hydrogen-bond donors (Lipinski definition) is 0. The van der Waals surface area contributed by atoms with Gasteiger partial charge in [-0.2, -0.15) is 0 Å². The number of aldehydes is 1. The summed E-state index contributed by atoms with van der Waals surface area (Å²) in [4.78, 5) is 15.2. The average Bonchev–Trinajstić information content (AvgIpc) is 2.82. The zero-order chi connectivity index (χ0) is 11.4. The number of thiazole rings is 1. The summed E-state index contributed by atoms with van der Waals surface area (Å²) in [7, 11) is 0. The summed E-state index contributed by atoms with van der Waals surface area (Å²) < 4.78 is 0. The van der Waals surface area contributed by atoms with Gasteiger partial charge in [-0.05, 0) is 24.1 Å². The lowest BCUT2D eigenvalue weighted by molar-refractivity contribution is -0.109. The molecular formula is C12H10ClNOS. The van der Waals surface area contributed by atoms with Crippen molar-refractivity contribution >= 4 is 29.2 Å². The van der Waals surface area contributed by atoms with Gasteiger partial charge in [0.05, 0.1) is 5.92 Å². The summed E-state index contributed by atoms with van der Waals surface area (Å²) in [6.07, 6.45) is 3.35. The van der Waals surface area contributed by atoms with Crippen LogP contribution >= 0.6 is 22.9 Å². The van der Waals surface area contributed by atoms with Gasteiger partial charge < -0.3 is 4.79 Å². The van der Waals surface area contributed by atoms with Crippen molar-refractivity contribution in [3.63, 3.8) is 0 Å². The molecule has 16 heavy (non-hydrogen) atoms. The van der Waals surface area contributed by atoms with Crippen LogP contribution in [0.1, 0.15) is 16.5 Å². The molecule has 0 aliphatic rings. The molecule has 1 aromatic carbocycles. The Hall–Kier alpha value is -1.19. The molecule has 2 aromatic rings. The van der Waals surface area contributed by atoms with E-state index in [0.717, 1.165) is 16.9 Å². The monoisotopic (exact) mass is 251 g/mol. The first-order valence-corrected chi connectivity index (χ1v) is 6.14. The summed E-state index contributed by atoms with van der Waals surface area (Å²) in [5.74, 6) is -0.152. The van der Waals surface area contributed by atoms with E-state index in [1.54, 1.807) is 6.20 Å². The quantitative estimate of drug-likeness (QED) is 0.781. The van der Waals surface area contributed by atoms with Crippen LogP contribution in [0.5, 0.6) is 0 Å². The molecule has 0 aliphatic heterocycles. The van der Waals surface area contributed by atoms with Crippen molar-refractivity contribution < 1.29 is 4.79 Å². The van der Waals surface area contributed by atoms with Gasteiger partial charge in [0.25, 0.3) is 0 Å². The first-order valence-electron chi connectivity index (χ1n) is 4.88. The summed E-state index contributed by atoms with van der Waals surface area (Å²) in [6.45, 7) is 0. The van der Waals surface area contributed by atoms with E-state index < -0.39 is 0 Å². The average molecular weight is 252 g/mol. The minimum Gasteiger partial charge on any atom is -0.303 e. The van der Waals surface area contributed by atoms with Gasteiger partial charge in [-0.25, -0.2) is 4.98 Å². The van der Waals surface area contributed by atoms with E-state index in [0.29, 0.717) is 11.4 Å². The predicted molar refractivity (Wildman–Crippen MR) is 66.1 cm³/mol. The van der Waals surface area contributed by atoms with Gasteiger partial charge in [-0.15, -0.1) is 11.3 Å². The number of rotatable bonds is 4. The Balaban J connectivity index is 2.13. The van der Waals surface area contributed by atoms with Crippen LogP contribution in [0.2, 0.25) is 5.02 Å². The van der Waals surface area contributed by atoms with Crippen LogP contribution < -0.4 is 0 Å². The number of aromatic nitrogens is 1. The van der Waals surface area contributed by atoms with Crippen molar-refractivity contribution in [2.24, 2.45) is 0 Å². The van der Waals surface area contributed by atoms with Crippen molar-refractivity contribution in [3.05, 3.63) is 51.4 Å². The van der Waals surface area contributed by atoms with Gasteiger partial charge in [-0.1, -0.05) is 23.7 Å². The maximum absolute atomic E-state index is 11.0. The van der Waals surface area contributed by atoms with Gasteiger partial charge in [0.2, 0.25) is 0 Å². The van der Waals surface area contributed by atoms with Crippen LogP contribution in [0, 0.1) is 0 Å². The zero-order valence-electron chi connectivity index (χ0n) is 8.47. The number of halogens is 1. The molecule has 0 fully saturated rings. The lowest BCUT2D eigenvalue weighted by atomic mass is 10.0. The van der Waals surface area contributed by atoms with Crippen molar-refractivity contribution in [1.82, 2.24) is 4.98 Å². The highest BCUT2D eigenvalue weighted by Crippen LogP contribution is 2.21. The van der Waals surface area contributed by atoms with Crippen LogP contribution in [-0.4, -0.2) is 11.3 Å². The van der Waals surface area contributed by atoms with Crippen molar-refractivity contribution in [3.8, 4) is 0 Å². The van der Waals surface area contributed by atoms with Crippen LogP contribution in [0.3, 0.4) is 0 Å². The Kier molecular flexibility index (Phi) is 3.70. The van der Waals surface area contributed by atoms with Crippen LogP contribution in [0.15, 0.2) is 35.8 Å². The van der Waals surface area contributed by atoms with Crippen molar-refractivity contribution in [1.29, 1.82) is 0 Å². The molecule has 4 heteroatoms. The van der Waals surface area contributed by atoms with Gasteiger partial charge >= 0.3 is 0 Å². The van der Waals surface area contributed by atoms with Crippen molar-refractivity contribution in [2.75, 3.05) is 0 Å². The number of hydrogen-bond acceptors (Lipinski definition) is 3. The SMILES string of the molecule is O=CC(Cc1ccc(Cl)cc1)c1nccs1. The normalized spacial score (nSPS) is 12.3. The molecule has 1 heterocycles. The van der Waals surface area contributed by atoms with E-state index >= 15 is 0 Å². The molecule has 0 aliphatic carbocycles. The second kappa shape index (κ2) is 5.23. The summed E-state index contributed by atoms with van der Waals surface area (Å²) in [5, 5.41) is 3.46. The molecule has 0 saturated heterocycles. The fourth-order valence-corrected chi connectivity index (χ4v) is 2.31. The smallest absolute Gasteiger partial charge is 0.130 e. The van der Waals surface area contributed by atoms with E-state index in [1.165, 1.54) is 11.3 Å². The molecule has 0 saturated carbocycles. The fraction of sp³-hybridized carbons (Fsp3) is 0.167. The molecule has 0 spiro atoms. The third-order valence-electron chi connectivity index (χ3n) is 2.30. The maximum atomic E-state index is 11.0. The Morgan fingerprint density at radius 1 is 1.38 bits per heavy atom. The van der Waals surface area contributed by atoms with E-state index in [4.69, 9.17) is 11.6 Å². The number of carbonyl (C=O) groups excluding carboxylic acids is 1. The molecular weight excluding hydrogens is 242 g/mol. The highest BCUT2D eigenvalue weighted by atomic mass is 35.5. The second-order valence-electron chi connectivity index (χ2n) is 3.44. The lowest BCUT2D eigenvalue weighted by Gasteiger charge is -2.06. The largest absolute Gasteiger partial charge is 0.303 e. The second-order valence-corrected chi connectivity index (χ2v) is 4.81. The third kappa shape index (κ3) is 2.68. The molecule has 2 nitrogen and oxygen atoms in total.